The first-order valence-electron chi connectivity index (χ1n) is 11.0. The van der Waals surface area contributed by atoms with Crippen LogP contribution in [0, 0.1) is 26.9 Å². The lowest BCUT2D eigenvalue weighted by Gasteiger charge is -2.42. The fourth-order valence-corrected chi connectivity index (χ4v) is 5.90. The Kier molecular flexibility index (Phi) is 5.27. The van der Waals surface area contributed by atoms with Crippen molar-refractivity contribution in [3.8, 4) is 0 Å². The monoisotopic (exact) mass is 445 g/mol. The minimum absolute atomic E-state index is 0.0676. The zero-order valence-electron chi connectivity index (χ0n) is 19.2. The Morgan fingerprint density at radius 1 is 1.22 bits per heavy atom. The summed E-state index contributed by atoms with van der Waals surface area (Å²) in [6, 6.07) is 5.35. The number of aliphatic hydroxyl groups is 1. The molecule has 1 saturated heterocycles. The molecule has 2 aliphatic carbocycles. The summed E-state index contributed by atoms with van der Waals surface area (Å²) < 4.78 is 18.8. The molecule has 1 aliphatic heterocycles. The second-order valence-corrected chi connectivity index (χ2v) is 10.2. The number of rotatable bonds is 5. The highest BCUT2D eigenvalue weighted by atomic mass is 16.8. The number of fused-ring (bicyclic) bond motifs is 3. The van der Waals surface area contributed by atoms with E-state index < -0.39 is 28.9 Å². The van der Waals surface area contributed by atoms with Crippen LogP contribution in [0.4, 0.5) is 5.69 Å². The number of benzene rings is 1. The SMILES string of the molecule is C=C(C(=O)O[C@@H]1C2(O[C@@H](C)[C@@H](C)O2)[C@H]2CC[C@]1(C)C2(C)C)C(O)c1ccc([N+](=O)[O-])cc1. The highest BCUT2D eigenvalue weighted by Crippen LogP contribution is 2.72. The summed E-state index contributed by atoms with van der Waals surface area (Å²) in [7, 11) is 0. The van der Waals surface area contributed by atoms with Gasteiger partial charge < -0.3 is 19.3 Å². The average Bonchev–Trinajstić information content (AvgIpc) is 3.20. The van der Waals surface area contributed by atoms with E-state index in [2.05, 4.69) is 27.4 Å². The molecule has 1 aromatic carbocycles. The maximum absolute atomic E-state index is 13.1. The third-order valence-corrected chi connectivity index (χ3v) is 8.36. The maximum atomic E-state index is 13.1. The number of hydrogen-bond donors (Lipinski definition) is 1. The van der Waals surface area contributed by atoms with Crippen LogP contribution in [-0.2, 0) is 19.0 Å². The van der Waals surface area contributed by atoms with E-state index in [1.165, 1.54) is 24.3 Å². The van der Waals surface area contributed by atoms with Crippen molar-refractivity contribution < 1.29 is 29.0 Å². The van der Waals surface area contributed by atoms with Crippen molar-refractivity contribution in [1.29, 1.82) is 0 Å². The Bertz CT molecular complexity index is 946. The van der Waals surface area contributed by atoms with Crippen LogP contribution in [0.25, 0.3) is 0 Å². The smallest absolute Gasteiger partial charge is 0.336 e. The van der Waals surface area contributed by atoms with Crippen LogP contribution >= 0.6 is 0 Å². The number of ether oxygens (including phenoxy) is 3. The highest BCUT2D eigenvalue weighted by Gasteiger charge is 2.78. The number of nitro groups is 1. The van der Waals surface area contributed by atoms with Gasteiger partial charge in [-0.2, -0.15) is 0 Å². The quantitative estimate of drug-likeness (QED) is 0.315. The molecule has 174 valence electrons. The molecule has 4 rings (SSSR count). The molecule has 2 bridgehead atoms. The molecule has 1 N–H and O–H groups in total. The standard InChI is InChI=1S/C24H31NO7/c1-13(19(26)16-7-9-17(10-8-16)25(28)29)20(27)30-21-23(6)12-11-18(22(23,4)5)24(21)31-14(2)15(3)32-24/h7-10,14-15,18-19,21,26H,1,11-12H2,2-6H3/t14-,15+,18-,19?,21-,23-,24?/m0/s1. The van der Waals surface area contributed by atoms with Crippen LogP contribution in [0.3, 0.4) is 0 Å². The molecule has 0 radical (unpaired) electrons. The molecule has 32 heavy (non-hydrogen) atoms. The van der Waals surface area contributed by atoms with E-state index in [0.717, 1.165) is 12.8 Å². The van der Waals surface area contributed by atoms with E-state index in [1.807, 2.05) is 13.8 Å². The number of hydrogen-bond acceptors (Lipinski definition) is 7. The van der Waals surface area contributed by atoms with Crippen LogP contribution in [0.2, 0.25) is 0 Å². The Hall–Kier alpha value is -2.29. The van der Waals surface area contributed by atoms with E-state index >= 15 is 0 Å². The summed E-state index contributed by atoms with van der Waals surface area (Å²) in [5.74, 6) is -1.69. The minimum atomic E-state index is -1.35. The van der Waals surface area contributed by atoms with Gasteiger partial charge in [0.15, 0.2) is 6.10 Å². The number of esters is 1. The summed E-state index contributed by atoms with van der Waals surface area (Å²) in [4.78, 5) is 23.5. The molecule has 1 aromatic rings. The molecule has 7 atom stereocenters. The zero-order chi connectivity index (χ0) is 23.6. The van der Waals surface area contributed by atoms with E-state index in [1.54, 1.807) is 0 Å². The van der Waals surface area contributed by atoms with Gasteiger partial charge in [-0.15, -0.1) is 0 Å². The van der Waals surface area contributed by atoms with Gasteiger partial charge in [0.25, 0.3) is 5.69 Å². The van der Waals surface area contributed by atoms with Crippen LogP contribution in [0.5, 0.6) is 0 Å². The van der Waals surface area contributed by atoms with Gasteiger partial charge in [0, 0.05) is 23.5 Å². The first-order valence-corrected chi connectivity index (χ1v) is 11.0. The van der Waals surface area contributed by atoms with Gasteiger partial charge in [-0.25, -0.2) is 4.79 Å². The van der Waals surface area contributed by atoms with Crippen molar-refractivity contribution in [1.82, 2.24) is 0 Å². The summed E-state index contributed by atoms with van der Waals surface area (Å²) >= 11 is 0. The van der Waals surface area contributed by atoms with Crippen molar-refractivity contribution in [2.24, 2.45) is 16.7 Å². The summed E-state index contributed by atoms with van der Waals surface area (Å²) in [6.07, 6.45) is -0.472. The first kappa shape index (κ1) is 22.9. The van der Waals surface area contributed by atoms with E-state index in [0.29, 0.717) is 5.56 Å². The molecule has 3 fully saturated rings. The van der Waals surface area contributed by atoms with Gasteiger partial charge in [0.2, 0.25) is 5.79 Å². The Morgan fingerprint density at radius 3 is 2.31 bits per heavy atom. The Labute approximate surface area is 187 Å². The Balaban J connectivity index is 1.58. The lowest BCUT2D eigenvalue weighted by molar-refractivity contribution is -0.384. The average molecular weight is 446 g/mol. The van der Waals surface area contributed by atoms with Gasteiger partial charge in [-0.05, 0) is 49.8 Å². The molecule has 0 aromatic heterocycles. The van der Waals surface area contributed by atoms with Crippen molar-refractivity contribution >= 4 is 11.7 Å². The van der Waals surface area contributed by atoms with Crippen molar-refractivity contribution in [3.05, 3.63) is 52.1 Å². The lowest BCUT2D eigenvalue weighted by atomic mass is 9.70. The van der Waals surface area contributed by atoms with Gasteiger partial charge in [-0.1, -0.05) is 27.4 Å². The largest absolute Gasteiger partial charge is 0.453 e. The highest BCUT2D eigenvalue weighted by molar-refractivity contribution is 5.89. The fourth-order valence-electron chi connectivity index (χ4n) is 5.90. The molecule has 1 spiro atoms. The second kappa shape index (κ2) is 7.37. The predicted octanol–water partition coefficient (Wildman–Crippen LogP) is 4.07. The first-order chi connectivity index (χ1) is 14.8. The number of nitrogens with zero attached hydrogens (tertiary/aromatic N) is 1. The number of aliphatic hydroxyl groups excluding tert-OH is 1. The molecule has 2 saturated carbocycles. The normalized spacial score (nSPS) is 38.1. The van der Waals surface area contributed by atoms with Crippen LogP contribution in [-0.4, -0.2) is 40.1 Å². The fraction of sp³-hybridized carbons (Fsp3) is 0.625. The predicted molar refractivity (Wildman–Crippen MR) is 116 cm³/mol. The second-order valence-electron chi connectivity index (χ2n) is 10.2. The third kappa shape index (κ3) is 3.03. The van der Waals surface area contributed by atoms with Crippen molar-refractivity contribution in [2.45, 2.75) is 77.7 Å². The maximum Gasteiger partial charge on any atom is 0.336 e. The summed E-state index contributed by atoms with van der Waals surface area (Å²) in [5, 5.41) is 21.5. The number of carbonyl (C=O) groups excluding carboxylic acids is 1. The summed E-state index contributed by atoms with van der Waals surface area (Å²) in [5.41, 5.74) is -0.470. The molecule has 1 heterocycles. The van der Waals surface area contributed by atoms with Crippen LogP contribution in [0.15, 0.2) is 36.4 Å². The van der Waals surface area contributed by atoms with Gasteiger partial charge >= 0.3 is 5.97 Å². The van der Waals surface area contributed by atoms with Crippen molar-refractivity contribution in [2.75, 3.05) is 0 Å². The number of carbonyl (C=O) groups is 1. The van der Waals surface area contributed by atoms with E-state index in [-0.39, 0.29) is 40.2 Å². The molecule has 8 nitrogen and oxygen atoms in total. The number of non-ortho nitro benzene ring substituents is 1. The lowest BCUT2D eigenvalue weighted by Crippen LogP contribution is -2.53. The van der Waals surface area contributed by atoms with E-state index in [9.17, 15) is 20.0 Å². The summed E-state index contributed by atoms with van der Waals surface area (Å²) in [6.45, 7) is 14.1. The van der Waals surface area contributed by atoms with E-state index in [4.69, 9.17) is 14.2 Å². The third-order valence-electron chi connectivity index (χ3n) is 8.36. The molecule has 3 aliphatic rings. The van der Waals surface area contributed by atoms with Crippen molar-refractivity contribution in [3.63, 3.8) is 0 Å². The molecule has 2 unspecified atom stereocenters. The Morgan fingerprint density at radius 2 is 1.78 bits per heavy atom. The van der Waals surface area contributed by atoms with Gasteiger partial charge in [0.05, 0.1) is 22.7 Å². The molecule has 8 heteroatoms. The van der Waals surface area contributed by atoms with Gasteiger partial charge in [0.1, 0.15) is 6.10 Å². The topological polar surface area (TPSA) is 108 Å². The minimum Gasteiger partial charge on any atom is -0.453 e. The van der Waals surface area contributed by atoms with Crippen LogP contribution in [0.1, 0.15) is 59.1 Å². The molecular formula is C24H31NO7. The number of nitro benzene ring substituents is 1. The molecule has 0 amide bonds. The van der Waals surface area contributed by atoms with Gasteiger partial charge in [-0.3, -0.25) is 10.1 Å². The molecular weight excluding hydrogens is 414 g/mol. The van der Waals surface area contributed by atoms with Crippen LogP contribution < -0.4 is 0 Å². The zero-order valence-corrected chi connectivity index (χ0v) is 19.2.